The Labute approximate surface area is 107 Å². The number of hydrogen-bond acceptors (Lipinski definition) is 3. The van der Waals surface area contributed by atoms with Gasteiger partial charge in [0.2, 0.25) is 0 Å². The topological polar surface area (TPSA) is 50.2 Å². The molecule has 2 aromatic carbocycles. The first kappa shape index (κ1) is 11.0. The zero-order valence-electron chi connectivity index (χ0n) is 9.33. The van der Waals surface area contributed by atoms with E-state index in [4.69, 9.17) is 5.11 Å². The molecule has 3 nitrogen and oxygen atoms in total. The van der Waals surface area contributed by atoms with E-state index in [2.05, 4.69) is 4.98 Å². The summed E-state index contributed by atoms with van der Waals surface area (Å²) in [5.74, 6) is 0. The second-order valence-electron chi connectivity index (χ2n) is 3.84. The maximum absolute atomic E-state index is 11.0. The van der Waals surface area contributed by atoms with Crippen LogP contribution < -0.4 is 0 Å². The quantitative estimate of drug-likeness (QED) is 0.524. The lowest BCUT2D eigenvalue weighted by atomic mass is 10.1. The van der Waals surface area contributed by atoms with E-state index in [1.54, 1.807) is 0 Å². The van der Waals surface area contributed by atoms with Gasteiger partial charge < -0.3 is 5.11 Å². The summed E-state index contributed by atoms with van der Waals surface area (Å²) < 4.78 is 0. The molecule has 0 aliphatic rings. The second kappa shape index (κ2) is 4.31. The number of carbonyl (C=O) groups is 1. The highest BCUT2D eigenvalue weighted by atomic mass is 32.2. The van der Waals surface area contributed by atoms with E-state index in [1.807, 2.05) is 48.5 Å². The van der Waals surface area contributed by atoms with Crippen molar-refractivity contribution in [3.8, 4) is 0 Å². The van der Waals surface area contributed by atoms with Crippen molar-refractivity contribution in [1.82, 2.24) is 4.98 Å². The molecule has 1 heterocycles. The lowest BCUT2D eigenvalue weighted by Gasteiger charge is -2.07. The van der Waals surface area contributed by atoms with E-state index in [1.165, 1.54) is 0 Å². The molecule has 4 heteroatoms. The SMILES string of the molecule is O=C(O)Sc1c2ccccc2nc2ccccc12. The van der Waals surface area contributed by atoms with Crippen LogP contribution in [0.4, 0.5) is 4.79 Å². The van der Waals surface area contributed by atoms with E-state index in [0.29, 0.717) is 0 Å². The van der Waals surface area contributed by atoms with Crippen LogP contribution in [0.5, 0.6) is 0 Å². The van der Waals surface area contributed by atoms with Gasteiger partial charge in [-0.15, -0.1) is 0 Å². The van der Waals surface area contributed by atoms with Crippen molar-refractivity contribution in [1.29, 1.82) is 0 Å². The molecule has 0 aliphatic heterocycles. The molecule has 0 saturated carbocycles. The van der Waals surface area contributed by atoms with Crippen LogP contribution >= 0.6 is 11.8 Å². The Balaban J connectivity index is 2.45. The summed E-state index contributed by atoms with van der Waals surface area (Å²) in [6.07, 6.45) is 0. The number of thioether (sulfide) groups is 1. The Morgan fingerprint density at radius 1 is 0.944 bits per heavy atom. The van der Waals surface area contributed by atoms with Gasteiger partial charge in [0, 0.05) is 15.7 Å². The summed E-state index contributed by atoms with van der Waals surface area (Å²) in [5.41, 5.74) is 1.64. The summed E-state index contributed by atoms with van der Waals surface area (Å²) in [4.78, 5) is 16.3. The van der Waals surface area contributed by atoms with Gasteiger partial charge in [-0.25, -0.2) is 9.78 Å². The van der Waals surface area contributed by atoms with Crippen molar-refractivity contribution < 1.29 is 9.90 Å². The van der Waals surface area contributed by atoms with Crippen LogP contribution in [-0.2, 0) is 0 Å². The van der Waals surface area contributed by atoms with Crippen molar-refractivity contribution in [3.63, 3.8) is 0 Å². The Hall–Kier alpha value is -2.07. The van der Waals surface area contributed by atoms with Gasteiger partial charge in [-0.3, -0.25) is 0 Å². The van der Waals surface area contributed by atoms with E-state index in [9.17, 15) is 4.79 Å². The fourth-order valence-electron chi connectivity index (χ4n) is 2.00. The predicted octanol–water partition coefficient (Wildman–Crippen LogP) is 4.16. The number of rotatable bonds is 1. The zero-order valence-corrected chi connectivity index (χ0v) is 10.1. The van der Waals surface area contributed by atoms with Crippen molar-refractivity contribution in [3.05, 3.63) is 48.5 Å². The number of hydrogen-bond donors (Lipinski definition) is 1. The third-order valence-electron chi connectivity index (χ3n) is 2.73. The van der Waals surface area contributed by atoms with E-state index in [-0.39, 0.29) is 0 Å². The van der Waals surface area contributed by atoms with Crippen LogP contribution in [0, 0.1) is 0 Å². The maximum atomic E-state index is 11.0. The third kappa shape index (κ3) is 1.80. The minimum Gasteiger partial charge on any atom is -0.473 e. The highest BCUT2D eigenvalue weighted by Crippen LogP contribution is 2.34. The van der Waals surface area contributed by atoms with Gasteiger partial charge in [-0.1, -0.05) is 36.4 Å². The molecule has 0 radical (unpaired) electrons. The standard InChI is InChI=1S/C14H9NO2S/c16-14(17)18-13-9-5-1-3-7-11(9)15-12-8-4-2-6-10(12)13/h1-8H,(H,16,17). The molecule has 0 unspecified atom stereocenters. The van der Waals surface area contributed by atoms with Crippen molar-refractivity contribution >= 4 is 38.9 Å². The fourth-order valence-corrected chi connectivity index (χ4v) is 2.74. The maximum Gasteiger partial charge on any atom is 0.369 e. The van der Waals surface area contributed by atoms with E-state index >= 15 is 0 Å². The molecule has 0 bridgehead atoms. The Morgan fingerprint density at radius 2 is 1.44 bits per heavy atom. The molecule has 3 aromatic rings. The molecule has 0 aliphatic carbocycles. The number of nitrogens with zero attached hydrogens (tertiary/aromatic N) is 1. The molecule has 1 N–H and O–H groups in total. The van der Waals surface area contributed by atoms with Crippen molar-refractivity contribution in [2.75, 3.05) is 0 Å². The van der Waals surface area contributed by atoms with Gasteiger partial charge in [-0.2, -0.15) is 0 Å². The normalized spacial score (nSPS) is 10.9. The zero-order chi connectivity index (χ0) is 12.5. The molecule has 3 rings (SSSR count). The van der Waals surface area contributed by atoms with Gasteiger partial charge in [0.05, 0.1) is 11.0 Å². The first-order valence-electron chi connectivity index (χ1n) is 5.44. The summed E-state index contributed by atoms with van der Waals surface area (Å²) in [5, 5.41) is 9.88. The summed E-state index contributed by atoms with van der Waals surface area (Å²) >= 11 is 0.834. The molecule has 18 heavy (non-hydrogen) atoms. The Morgan fingerprint density at radius 3 is 1.94 bits per heavy atom. The number of carboxylic acid groups (broad SMARTS) is 1. The van der Waals surface area contributed by atoms with Gasteiger partial charge in [0.25, 0.3) is 0 Å². The molecule has 0 spiro atoms. The van der Waals surface area contributed by atoms with Crippen LogP contribution in [0.25, 0.3) is 21.8 Å². The highest BCUT2D eigenvalue weighted by molar-refractivity contribution is 8.13. The molecule has 0 amide bonds. The lowest BCUT2D eigenvalue weighted by Crippen LogP contribution is -1.90. The highest BCUT2D eigenvalue weighted by Gasteiger charge is 2.12. The van der Waals surface area contributed by atoms with E-state index in [0.717, 1.165) is 38.5 Å². The minimum absolute atomic E-state index is 0.753. The van der Waals surface area contributed by atoms with Crippen LogP contribution in [-0.4, -0.2) is 15.4 Å². The molecular formula is C14H9NO2S. The minimum atomic E-state index is -0.906. The van der Waals surface area contributed by atoms with Gasteiger partial charge in [0.15, 0.2) is 0 Å². The van der Waals surface area contributed by atoms with Gasteiger partial charge in [-0.05, 0) is 23.9 Å². The van der Waals surface area contributed by atoms with Crippen LogP contribution in [0.3, 0.4) is 0 Å². The third-order valence-corrected chi connectivity index (χ3v) is 3.55. The largest absolute Gasteiger partial charge is 0.473 e. The van der Waals surface area contributed by atoms with Crippen LogP contribution in [0.15, 0.2) is 53.4 Å². The fraction of sp³-hybridized carbons (Fsp3) is 0. The second-order valence-corrected chi connectivity index (χ2v) is 4.80. The Bertz CT molecular complexity index is 701. The van der Waals surface area contributed by atoms with Gasteiger partial charge in [0.1, 0.15) is 0 Å². The molecule has 0 saturated heterocycles. The monoisotopic (exact) mass is 255 g/mol. The predicted molar refractivity (Wildman–Crippen MR) is 73.1 cm³/mol. The number of aromatic nitrogens is 1. The van der Waals surface area contributed by atoms with Crippen molar-refractivity contribution in [2.45, 2.75) is 4.90 Å². The van der Waals surface area contributed by atoms with Crippen molar-refractivity contribution in [2.24, 2.45) is 0 Å². The number of benzene rings is 2. The Kier molecular flexibility index (Phi) is 2.64. The van der Waals surface area contributed by atoms with Crippen LogP contribution in [0.2, 0.25) is 0 Å². The molecule has 1 aromatic heterocycles. The lowest BCUT2D eigenvalue weighted by molar-refractivity contribution is 0.222. The number of fused-ring (bicyclic) bond motifs is 2. The summed E-state index contributed by atoms with van der Waals surface area (Å²) in [7, 11) is 0. The number of pyridine rings is 1. The summed E-state index contributed by atoms with van der Waals surface area (Å²) in [6.45, 7) is 0. The first-order valence-corrected chi connectivity index (χ1v) is 6.25. The average Bonchev–Trinajstić information content (AvgIpc) is 2.38. The smallest absolute Gasteiger partial charge is 0.369 e. The first-order chi connectivity index (χ1) is 8.75. The molecular weight excluding hydrogens is 246 g/mol. The van der Waals surface area contributed by atoms with Crippen LogP contribution in [0.1, 0.15) is 0 Å². The van der Waals surface area contributed by atoms with E-state index < -0.39 is 5.30 Å². The summed E-state index contributed by atoms with van der Waals surface area (Å²) in [6, 6.07) is 15.2. The number of para-hydroxylation sites is 2. The molecule has 88 valence electrons. The molecule has 0 atom stereocenters. The average molecular weight is 255 g/mol. The van der Waals surface area contributed by atoms with Gasteiger partial charge >= 0.3 is 5.30 Å². The molecule has 0 fully saturated rings.